The van der Waals surface area contributed by atoms with Gasteiger partial charge in [0.1, 0.15) is 17.4 Å². The molecule has 0 bridgehead atoms. The number of anilines is 1. The van der Waals surface area contributed by atoms with E-state index in [4.69, 9.17) is 37.1 Å². The monoisotopic (exact) mass is 396 g/mol. The van der Waals surface area contributed by atoms with Crippen LogP contribution in [0.5, 0.6) is 0 Å². The Morgan fingerprint density at radius 1 is 1.18 bits per heavy atom. The second-order valence-electron chi connectivity index (χ2n) is 6.65. The van der Waals surface area contributed by atoms with E-state index in [9.17, 15) is 0 Å². The molecule has 0 atom stereocenters. The first-order valence-corrected chi connectivity index (χ1v) is 9.58. The van der Waals surface area contributed by atoms with Crippen LogP contribution in [0.1, 0.15) is 11.6 Å². The molecule has 3 heterocycles. The maximum absolute atomic E-state index is 6.23. The summed E-state index contributed by atoms with van der Waals surface area (Å²) >= 11 is 6.23. The number of nitrogens with zero attached hydrogens (tertiary/aromatic N) is 4. The van der Waals surface area contributed by atoms with Gasteiger partial charge in [-0.05, 0) is 30.3 Å². The molecule has 4 rings (SSSR count). The van der Waals surface area contributed by atoms with Gasteiger partial charge in [0.05, 0.1) is 44.6 Å². The fourth-order valence-electron chi connectivity index (χ4n) is 3.34. The van der Waals surface area contributed by atoms with Crippen LogP contribution in [0.25, 0.3) is 10.9 Å². The lowest BCUT2D eigenvalue weighted by Crippen LogP contribution is -2.37. The Labute approximate surface area is 169 Å². The summed E-state index contributed by atoms with van der Waals surface area (Å²) in [6, 6.07) is 9.52. The number of halogens is 1. The van der Waals surface area contributed by atoms with Crippen molar-refractivity contribution >= 4 is 28.3 Å². The maximum Gasteiger partial charge on any atom is 0.145 e. The Kier molecular flexibility index (Phi) is 5.77. The number of hydrogen-bond acceptors (Lipinski definition) is 6. The van der Waals surface area contributed by atoms with Crippen LogP contribution in [-0.4, -0.2) is 47.7 Å². The Bertz CT molecular complexity index is 978. The van der Waals surface area contributed by atoms with Gasteiger partial charge in [0.2, 0.25) is 0 Å². The molecule has 0 N–H and O–H groups in total. The van der Waals surface area contributed by atoms with E-state index in [0.717, 1.165) is 41.4 Å². The van der Waals surface area contributed by atoms with Crippen molar-refractivity contribution in [2.24, 2.45) is 0 Å². The molecule has 1 aromatic carbocycles. The summed E-state index contributed by atoms with van der Waals surface area (Å²) in [5.41, 5.74) is 0.870. The lowest BCUT2D eigenvalue weighted by molar-refractivity contribution is 0.122. The molecular formula is C21H21ClN4O2. The molecule has 0 amide bonds. The summed E-state index contributed by atoms with van der Waals surface area (Å²) in [6.45, 7) is 4.56. The van der Waals surface area contributed by atoms with Crippen LogP contribution in [0, 0.1) is 12.3 Å². The topological polar surface area (TPSA) is 54.6 Å². The minimum absolute atomic E-state index is 0.482. The van der Waals surface area contributed by atoms with E-state index in [0.29, 0.717) is 37.9 Å². The summed E-state index contributed by atoms with van der Waals surface area (Å²) in [7, 11) is 0. The number of hydrogen-bond donors (Lipinski definition) is 0. The van der Waals surface area contributed by atoms with Crippen molar-refractivity contribution in [1.29, 1.82) is 0 Å². The number of morpholine rings is 1. The molecule has 144 valence electrons. The molecule has 0 unspecified atom stereocenters. The van der Waals surface area contributed by atoms with Crippen molar-refractivity contribution < 1.29 is 9.15 Å². The largest absolute Gasteiger partial charge is 0.468 e. The molecule has 2 aromatic heterocycles. The molecular weight excluding hydrogens is 376 g/mol. The second-order valence-corrected chi connectivity index (χ2v) is 7.09. The Morgan fingerprint density at radius 3 is 2.79 bits per heavy atom. The van der Waals surface area contributed by atoms with E-state index in [1.54, 1.807) is 6.26 Å². The first kappa shape index (κ1) is 18.8. The van der Waals surface area contributed by atoms with Gasteiger partial charge in [-0.2, -0.15) is 0 Å². The molecule has 6 nitrogen and oxygen atoms in total. The fourth-order valence-corrected chi connectivity index (χ4v) is 3.51. The molecule has 0 aliphatic carbocycles. The second kappa shape index (κ2) is 8.61. The summed E-state index contributed by atoms with van der Waals surface area (Å²) < 4.78 is 11.0. The third kappa shape index (κ3) is 4.28. The normalized spacial score (nSPS) is 14.5. The highest BCUT2D eigenvalue weighted by Gasteiger charge is 2.19. The predicted octanol–water partition coefficient (Wildman–Crippen LogP) is 3.35. The molecule has 0 spiro atoms. The summed E-state index contributed by atoms with van der Waals surface area (Å²) in [4.78, 5) is 13.9. The van der Waals surface area contributed by atoms with Gasteiger partial charge in [-0.15, -0.1) is 6.42 Å². The molecule has 0 radical (unpaired) electrons. The van der Waals surface area contributed by atoms with E-state index >= 15 is 0 Å². The number of ether oxygens (including phenoxy) is 1. The third-order valence-corrected chi connectivity index (χ3v) is 4.87. The van der Waals surface area contributed by atoms with Gasteiger partial charge < -0.3 is 14.1 Å². The van der Waals surface area contributed by atoms with E-state index in [2.05, 4.69) is 15.7 Å². The molecule has 1 saturated heterocycles. The van der Waals surface area contributed by atoms with Gasteiger partial charge >= 0.3 is 0 Å². The molecule has 7 heteroatoms. The minimum Gasteiger partial charge on any atom is -0.468 e. The van der Waals surface area contributed by atoms with Crippen molar-refractivity contribution in [3.8, 4) is 12.3 Å². The highest BCUT2D eigenvalue weighted by molar-refractivity contribution is 6.31. The van der Waals surface area contributed by atoms with E-state index in [-0.39, 0.29) is 0 Å². The number of furan rings is 1. The van der Waals surface area contributed by atoms with Crippen molar-refractivity contribution in [2.75, 3.05) is 37.7 Å². The van der Waals surface area contributed by atoms with E-state index in [1.165, 1.54) is 0 Å². The number of rotatable bonds is 6. The molecule has 1 fully saturated rings. The molecule has 3 aromatic rings. The Morgan fingerprint density at radius 2 is 2.04 bits per heavy atom. The average Bonchev–Trinajstić information content (AvgIpc) is 3.21. The number of aromatic nitrogens is 2. The zero-order valence-corrected chi connectivity index (χ0v) is 16.2. The van der Waals surface area contributed by atoms with Crippen LogP contribution in [-0.2, 0) is 17.8 Å². The fraction of sp³-hybridized carbons (Fsp3) is 0.333. The maximum atomic E-state index is 6.23. The molecule has 1 aliphatic rings. The Balaban J connectivity index is 1.67. The van der Waals surface area contributed by atoms with Gasteiger partial charge in [-0.1, -0.05) is 17.5 Å². The summed E-state index contributed by atoms with van der Waals surface area (Å²) in [5, 5.41) is 1.62. The smallest absolute Gasteiger partial charge is 0.145 e. The van der Waals surface area contributed by atoms with Crippen molar-refractivity contribution in [1.82, 2.24) is 14.9 Å². The van der Waals surface area contributed by atoms with Gasteiger partial charge in [0.15, 0.2) is 0 Å². The lowest BCUT2D eigenvalue weighted by Gasteiger charge is -2.29. The minimum atomic E-state index is 0.482. The van der Waals surface area contributed by atoms with Gasteiger partial charge in [0, 0.05) is 23.5 Å². The standard InChI is InChI=1S/C21H21ClN4O2/c1-2-7-25(14-17-4-3-10-28-17)15-20-23-19-6-5-16(22)13-18(19)21(24-20)26-8-11-27-12-9-26/h1,3-6,10,13H,7-9,11-12,14-15H2. The van der Waals surface area contributed by atoms with Crippen molar-refractivity contribution in [3.05, 3.63) is 53.2 Å². The molecule has 28 heavy (non-hydrogen) atoms. The van der Waals surface area contributed by atoms with Gasteiger partial charge in [-0.3, -0.25) is 4.90 Å². The highest BCUT2D eigenvalue weighted by atomic mass is 35.5. The van der Waals surface area contributed by atoms with Crippen LogP contribution in [0.4, 0.5) is 5.82 Å². The molecule has 1 aliphatic heterocycles. The quantitative estimate of drug-likeness (QED) is 0.595. The van der Waals surface area contributed by atoms with E-state index in [1.807, 2.05) is 30.3 Å². The van der Waals surface area contributed by atoms with Crippen LogP contribution in [0.15, 0.2) is 41.0 Å². The van der Waals surface area contributed by atoms with E-state index < -0.39 is 0 Å². The Hall–Kier alpha value is -2.59. The van der Waals surface area contributed by atoms with Crippen LogP contribution in [0.2, 0.25) is 5.02 Å². The molecule has 0 saturated carbocycles. The van der Waals surface area contributed by atoms with Crippen LogP contribution in [0.3, 0.4) is 0 Å². The SMILES string of the molecule is C#CCN(Cc1nc(N2CCOCC2)c2cc(Cl)ccc2n1)Cc1ccco1. The average molecular weight is 397 g/mol. The number of benzene rings is 1. The first-order valence-electron chi connectivity index (χ1n) is 9.20. The predicted molar refractivity (Wildman–Crippen MR) is 109 cm³/mol. The summed E-state index contributed by atoms with van der Waals surface area (Å²) in [6.07, 6.45) is 7.23. The van der Waals surface area contributed by atoms with Crippen molar-refractivity contribution in [2.45, 2.75) is 13.1 Å². The summed E-state index contributed by atoms with van der Waals surface area (Å²) in [5.74, 6) is 5.18. The number of fused-ring (bicyclic) bond motifs is 1. The zero-order valence-electron chi connectivity index (χ0n) is 15.5. The van der Waals surface area contributed by atoms with Gasteiger partial charge in [-0.25, -0.2) is 9.97 Å². The lowest BCUT2D eigenvalue weighted by atomic mass is 10.2. The zero-order chi connectivity index (χ0) is 19.3. The highest BCUT2D eigenvalue weighted by Crippen LogP contribution is 2.28. The third-order valence-electron chi connectivity index (χ3n) is 4.63. The number of terminal acetylenes is 1. The van der Waals surface area contributed by atoms with Gasteiger partial charge in [0.25, 0.3) is 0 Å². The first-order chi connectivity index (χ1) is 13.7. The van der Waals surface area contributed by atoms with Crippen LogP contribution >= 0.6 is 11.6 Å². The van der Waals surface area contributed by atoms with Crippen LogP contribution < -0.4 is 4.90 Å². The van der Waals surface area contributed by atoms with Crippen molar-refractivity contribution in [3.63, 3.8) is 0 Å².